The fourth-order valence-corrected chi connectivity index (χ4v) is 2.34. The van der Waals surface area contributed by atoms with E-state index in [1.807, 2.05) is 18.5 Å². The van der Waals surface area contributed by atoms with Crippen LogP contribution in [0, 0.1) is 11.8 Å². The van der Waals surface area contributed by atoms with Crippen LogP contribution in [-0.4, -0.2) is 17.6 Å². The van der Waals surface area contributed by atoms with Crippen molar-refractivity contribution >= 4 is 0 Å². The first-order valence-electron chi connectivity index (χ1n) is 6.38. The standard InChI is InChI=1S/C14H22N2/c1-11(2)13-8-14(9-13)16-7-5-12-4-3-6-15-10-12/h3-4,6,10-11,13-14,16H,5,7-9H2,1-2H3. The molecule has 88 valence electrons. The van der Waals surface area contributed by atoms with Crippen molar-refractivity contribution in [1.82, 2.24) is 10.3 Å². The Bertz CT molecular complexity index is 302. The summed E-state index contributed by atoms with van der Waals surface area (Å²) in [7, 11) is 0. The molecule has 0 bridgehead atoms. The van der Waals surface area contributed by atoms with Crippen molar-refractivity contribution < 1.29 is 0 Å². The Kier molecular flexibility index (Phi) is 3.94. The summed E-state index contributed by atoms with van der Waals surface area (Å²) in [4.78, 5) is 4.12. The van der Waals surface area contributed by atoms with Crippen molar-refractivity contribution in [3.63, 3.8) is 0 Å². The lowest BCUT2D eigenvalue weighted by atomic mass is 9.73. The molecule has 16 heavy (non-hydrogen) atoms. The van der Waals surface area contributed by atoms with E-state index >= 15 is 0 Å². The molecule has 1 aliphatic carbocycles. The van der Waals surface area contributed by atoms with Gasteiger partial charge in [0.1, 0.15) is 0 Å². The van der Waals surface area contributed by atoms with Crippen LogP contribution in [0.15, 0.2) is 24.5 Å². The van der Waals surface area contributed by atoms with Gasteiger partial charge in [-0.15, -0.1) is 0 Å². The Hall–Kier alpha value is -0.890. The van der Waals surface area contributed by atoms with Gasteiger partial charge in [-0.3, -0.25) is 4.98 Å². The van der Waals surface area contributed by atoms with E-state index in [2.05, 4.69) is 30.2 Å². The quantitative estimate of drug-likeness (QED) is 0.822. The van der Waals surface area contributed by atoms with Crippen molar-refractivity contribution in [2.45, 2.75) is 39.2 Å². The molecule has 1 aliphatic rings. The minimum atomic E-state index is 0.768. The van der Waals surface area contributed by atoms with E-state index in [4.69, 9.17) is 0 Å². The number of hydrogen-bond acceptors (Lipinski definition) is 2. The van der Waals surface area contributed by atoms with Crippen LogP contribution in [0.4, 0.5) is 0 Å². The molecule has 0 unspecified atom stereocenters. The van der Waals surface area contributed by atoms with Crippen LogP contribution < -0.4 is 5.32 Å². The summed E-state index contributed by atoms with van der Waals surface area (Å²) in [6, 6.07) is 4.92. The Labute approximate surface area is 98.5 Å². The largest absolute Gasteiger partial charge is 0.314 e. The first kappa shape index (κ1) is 11.6. The van der Waals surface area contributed by atoms with Crippen LogP contribution in [0.3, 0.4) is 0 Å². The Morgan fingerprint density at radius 1 is 1.44 bits per heavy atom. The predicted molar refractivity (Wildman–Crippen MR) is 67.3 cm³/mol. The van der Waals surface area contributed by atoms with E-state index < -0.39 is 0 Å². The summed E-state index contributed by atoms with van der Waals surface area (Å²) < 4.78 is 0. The lowest BCUT2D eigenvalue weighted by molar-refractivity contribution is 0.169. The smallest absolute Gasteiger partial charge is 0.0300 e. The molecule has 1 heterocycles. The number of nitrogens with zero attached hydrogens (tertiary/aromatic N) is 1. The highest BCUT2D eigenvalue weighted by Gasteiger charge is 2.30. The summed E-state index contributed by atoms with van der Waals surface area (Å²) >= 11 is 0. The van der Waals surface area contributed by atoms with E-state index in [-0.39, 0.29) is 0 Å². The van der Waals surface area contributed by atoms with Gasteiger partial charge in [0.2, 0.25) is 0 Å². The first-order chi connectivity index (χ1) is 7.75. The number of nitrogens with one attached hydrogen (secondary N) is 1. The van der Waals surface area contributed by atoms with E-state index in [0.717, 1.165) is 30.8 Å². The zero-order chi connectivity index (χ0) is 11.4. The fraction of sp³-hybridized carbons (Fsp3) is 0.643. The van der Waals surface area contributed by atoms with Crippen molar-refractivity contribution in [3.8, 4) is 0 Å². The number of hydrogen-bond donors (Lipinski definition) is 1. The van der Waals surface area contributed by atoms with Gasteiger partial charge in [0.05, 0.1) is 0 Å². The average Bonchev–Trinajstić information content (AvgIpc) is 2.22. The molecule has 0 aromatic carbocycles. The third-order valence-corrected chi connectivity index (χ3v) is 3.69. The van der Waals surface area contributed by atoms with E-state index in [1.165, 1.54) is 18.4 Å². The molecule has 2 nitrogen and oxygen atoms in total. The van der Waals surface area contributed by atoms with E-state index in [9.17, 15) is 0 Å². The average molecular weight is 218 g/mol. The second-order valence-corrected chi connectivity index (χ2v) is 5.24. The normalized spacial score (nSPS) is 24.4. The maximum Gasteiger partial charge on any atom is 0.0300 e. The Morgan fingerprint density at radius 2 is 2.25 bits per heavy atom. The molecule has 0 atom stereocenters. The van der Waals surface area contributed by atoms with Gasteiger partial charge in [0.15, 0.2) is 0 Å². The molecular formula is C14H22N2. The zero-order valence-electron chi connectivity index (χ0n) is 10.3. The van der Waals surface area contributed by atoms with Crippen LogP contribution >= 0.6 is 0 Å². The van der Waals surface area contributed by atoms with Gasteiger partial charge in [-0.25, -0.2) is 0 Å². The topological polar surface area (TPSA) is 24.9 Å². The molecule has 1 aromatic rings. The molecule has 0 aliphatic heterocycles. The third kappa shape index (κ3) is 3.05. The second kappa shape index (κ2) is 5.44. The van der Waals surface area contributed by atoms with Crippen LogP contribution in [0.1, 0.15) is 32.3 Å². The molecule has 1 fully saturated rings. The minimum Gasteiger partial charge on any atom is -0.314 e. The van der Waals surface area contributed by atoms with Gasteiger partial charge >= 0.3 is 0 Å². The molecule has 1 N–H and O–H groups in total. The van der Waals surface area contributed by atoms with Crippen molar-refractivity contribution in [2.75, 3.05) is 6.54 Å². The lowest BCUT2D eigenvalue weighted by Gasteiger charge is -2.38. The van der Waals surface area contributed by atoms with Crippen LogP contribution in [0.5, 0.6) is 0 Å². The van der Waals surface area contributed by atoms with Crippen molar-refractivity contribution in [2.24, 2.45) is 11.8 Å². The van der Waals surface area contributed by atoms with Gasteiger partial charge < -0.3 is 5.32 Å². The molecule has 1 aromatic heterocycles. The SMILES string of the molecule is CC(C)C1CC(NCCc2cccnc2)C1. The molecule has 0 spiro atoms. The Balaban J connectivity index is 1.60. The summed E-state index contributed by atoms with van der Waals surface area (Å²) in [6.45, 7) is 5.74. The van der Waals surface area contributed by atoms with Gasteiger partial charge in [-0.2, -0.15) is 0 Å². The van der Waals surface area contributed by atoms with Gasteiger partial charge in [-0.1, -0.05) is 19.9 Å². The highest BCUT2D eigenvalue weighted by Crippen LogP contribution is 2.33. The van der Waals surface area contributed by atoms with Crippen LogP contribution in [0.2, 0.25) is 0 Å². The van der Waals surface area contributed by atoms with Gasteiger partial charge in [0.25, 0.3) is 0 Å². The molecule has 1 saturated carbocycles. The minimum absolute atomic E-state index is 0.768. The molecule has 2 rings (SSSR count). The highest BCUT2D eigenvalue weighted by molar-refractivity contribution is 5.08. The Morgan fingerprint density at radius 3 is 2.88 bits per heavy atom. The van der Waals surface area contributed by atoms with E-state index in [1.54, 1.807) is 0 Å². The molecule has 0 amide bonds. The summed E-state index contributed by atoms with van der Waals surface area (Å²) in [5.74, 6) is 1.81. The number of aromatic nitrogens is 1. The van der Waals surface area contributed by atoms with Crippen molar-refractivity contribution in [3.05, 3.63) is 30.1 Å². The first-order valence-corrected chi connectivity index (χ1v) is 6.38. The lowest BCUT2D eigenvalue weighted by Crippen LogP contribution is -2.43. The molecule has 0 saturated heterocycles. The maximum atomic E-state index is 4.12. The molecule has 2 heteroatoms. The predicted octanol–water partition coefficient (Wildman–Crippen LogP) is 2.65. The summed E-state index contributed by atoms with van der Waals surface area (Å²) in [6.07, 6.45) is 7.61. The van der Waals surface area contributed by atoms with Gasteiger partial charge in [-0.05, 0) is 49.3 Å². The monoisotopic (exact) mass is 218 g/mol. The summed E-state index contributed by atoms with van der Waals surface area (Å²) in [5, 5.41) is 3.62. The highest BCUT2D eigenvalue weighted by atomic mass is 14.9. The second-order valence-electron chi connectivity index (χ2n) is 5.24. The molecular weight excluding hydrogens is 196 g/mol. The van der Waals surface area contributed by atoms with Gasteiger partial charge in [0, 0.05) is 18.4 Å². The number of rotatable bonds is 5. The maximum absolute atomic E-state index is 4.12. The van der Waals surface area contributed by atoms with E-state index in [0.29, 0.717) is 0 Å². The fourth-order valence-electron chi connectivity index (χ4n) is 2.34. The third-order valence-electron chi connectivity index (χ3n) is 3.69. The summed E-state index contributed by atoms with van der Waals surface area (Å²) in [5.41, 5.74) is 1.33. The number of pyridine rings is 1. The van der Waals surface area contributed by atoms with Crippen molar-refractivity contribution in [1.29, 1.82) is 0 Å². The van der Waals surface area contributed by atoms with Crippen LogP contribution in [-0.2, 0) is 6.42 Å². The van der Waals surface area contributed by atoms with Crippen LogP contribution in [0.25, 0.3) is 0 Å². The zero-order valence-corrected chi connectivity index (χ0v) is 10.3. The molecule has 0 radical (unpaired) electrons.